The normalized spacial score (nSPS) is 14.4. The third-order valence-corrected chi connectivity index (χ3v) is 7.78. The second-order valence-corrected chi connectivity index (χ2v) is 9.86. The second-order valence-electron chi connectivity index (χ2n) is 9.86. The molecule has 4 nitrogen and oxygen atoms in total. The predicted octanol–water partition coefficient (Wildman–Crippen LogP) is 6.77. The fraction of sp³-hybridized carbons (Fsp3) is 0.212. The van der Waals surface area contributed by atoms with Crippen LogP contribution in [0, 0.1) is 22.7 Å². The van der Waals surface area contributed by atoms with Gasteiger partial charge in [0.25, 0.3) is 0 Å². The van der Waals surface area contributed by atoms with Crippen molar-refractivity contribution in [3.8, 4) is 23.6 Å². The number of ether oxygens (including phenoxy) is 2. The monoisotopic (exact) mass is 482 g/mol. The van der Waals surface area contributed by atoms with Crippen LogP contribution in [-0.4, -0.2) is 0 Å². The van der Waals surface area contributed by atoms with Gasteiger partial charge in [-0.2, -0.15) is 10.5 Å². The Bertz CT molecular complexity index is 1420. The lowest BCUT2D eigenvalue weighted by Gasteiger charge is -2.30. The minimum absolute atomic E-state index is 0.118. The SMILES string of the molecule is N#Cc1ccc(COc2cccc3c2C2(CC3)CCc3cccc(OCc4ccc(C#N)cc4)c32)cc1. The zero-order chi connectivity index (χ0) is 25.2. The van der Waals surface area contributed by atoms with Crippen molar-refractivity contribution in [2.45, 2.75) is 44.3 Å². The summed E-state index contributed by atoms with van der Waals surface area (Å²) in [7, 11) is 0. The molecule has 0 heterocycles. The molecule has 4 aromatic rings. The van der Waals surface area contributed by atoms with E-state index in [0.29, 0.717) is 24.3 Å². The molecule has 4 aromatic carbocycles. The van der Waals surface area contributed by atoms with Gasteiger partial charge in [0.15, 0.2) is 0 Å². The minimum Gasteiger partial charge on any atom is -0.489 e. The molecule has 2 aliphatic carbocycles. The van der Waals surface area contributed by atoms with E-state index in [1.807, 2.05) is 48.5 Å². The Labute approximate surface area is 217 Å². The number of nitriles is 2. The summed E-state index contributed by atoms with van der Waals surface area (Å²) in [5.41, 5.74) is 8.59. The van der Waals surface area contributed by atoms with E-state index < -0.39 is 0 Å². The number of hydrogen-bond donors (Lipinski definition) is 0. The van der Waals surface area contributed by atoms with E-state index >= 15 is 0 Å². The van der Waals surface area contributed by atoms with Gasteiger partial charge in [-0.1, -0.05) is 48.5 Å². The Morgan fingerprint density at radius 3 is 1.43 bits per heavy atom. The fourth-order valence-corrected chi connectivity index (χ4v) is 6.02. The van der Waals surface area contributed by atoms with E-state index in [1.54, 1.807) is 0 Å². The van der Waals surface area contributed by atoms with Crippen LogP contribution in [0.15, 0.2) is 84.9 Å². The van der Waals surface area contributed by atoms with Gasteiger partial charge in [0, 0.05) is 16.5 Å². The quantitative estimate of drug-likeness (QED) is 0.304. The Morgan fingerprint density at radius 2 is 1.03 bits per heavy atom. The summed E-state index contributed by atoms with van der Waals surface area (Å²) in [6.07, 6.45) is 4.13. The van der Waals surface area contributed by atoms with Gasteiger partial charge in [-0.25, -0.2) is 0 Å². The van der Waals surface area contributed by atoms with Crippen molar-refractivity contribution in [3.05, 3.63) is 129 Å². The maximum atomic E-state index is 9.08. The van der Waals surface area contributed by atoms with Crippen LogP contribution >= 0.6 is 0 Å². The molecule has 0 saturated heterocycles. The van der Waals surface area contributed by atoms with Crippen molar-refractivity contribution >= 4 is 0 Å². The summed E-state index contributed by atoms with van der Waals surface area (Å²) >= 11 is 0. The molecule has 0 radical (unpaired) electrons. The number of aryl methyl sites for hydroxylation is 2. The van der Waals surface area contributed by atoms with Crippen LogP contribution in [0.5, 0.6) is 11.5 Å². The van der Waals surface area contributed by atoms with E-state index in [-0.39, 0.29) is 5.41 Å². The van der Waals surface area contributed by atoms with Gasteiger partial charge in [-0.05, 0) is 84.3 Å². The van der Waals surface area contributed by atoms with Gasteiger partial charge >= 0.3 is 0 Å². The molecule has 0 aromatic heterocycles. The molecule has 0 fully saturated rings. The largest absolute Gasteiger partial charge is 0.489 e. The topological polar surface area (TPSA) is 66.0 Å². The van der Waals surface area contributed by atoms with Crippen molar-refractivity contribution in [2.24, 2.45) is 0 Å². The second kappa shape index (κ2) is 9.49. The van der Waals surface area contributed by atoms with Gasteiger partial charge in [-0.15, -0.1) is 0 Å². The number of nitrogens with zero attached hydrogens (tertiary/aromatic N) is 2. The summed E-state index contributed by atoms with van der Waals surface area (Å²) in [6, 6.07) is 32.3. The maximum Gasteiger partial charge on any atom is 0.124 e. The molecule has 0 unspecified atom stereocenters. The number of hydrogen-bond acceptors (Lipinski definition) is 4. The number of benzene rings is 4. The van der Waals surface area contributed by atoms with Crippen molar-refractivity contribution < 1.29 is 9.47 Å². The highest BCUT2D eigenvalue weighted by atomic mass is 16.5. The molecule has 0 amide bonds. The molecule has 0 saturated carbocycles. The molecule has 180 valence electrons. The Hall–Kier alpha value is -4.54. The van der Waals surface area contributed by atoms with Crippen molar-refractivity contribution in [3.63, 3.8) is 0 Å². The molecule has 0 bridgehead atoms. The van der Waals surface area contributed by atoms with Crippen LogP contribution in [0.1, 0.15) is 57.3 Å². The molecular weight excluding hydrogens is 456 g/mol. The maximum absolute atomic E-state index is 9.08. The highest BCUT2D eigenvalue weighted by molar-refractivity contribution is 5.62. The van der Waals surface area contributed by atoms with Crippen molar-refractivity contribution in [1.82, 2.24) is 0 Å². The summed E-state index contributed by atoms with van der Waals surface area (Å²) in [5.74, 6) is 1.88. The smallest absolute Gasteiger partial charge is 0.124 e. The molecule has 2 aliphatic rings. The highest BCUT2D eigenvalue weighted by Gasteiger charge is 2.48. The van der Waals surface area contributed by atoms with Gasteiger partial charge in [0.1, 0.15) is 24.7 Å². The van der Waals surface area contributed by atoms with Crippen LogP contribution in [0.3, 0.4) is 0 Å². The molecule has 4 heteroatoms. The first-order valence-corrected chi connectivity index (χ1v) is 12.7. The van der Waals surface area contributed by atoms with Crippen LogP contribution in [0.25, 0.3) is 0 Å². The number of rotatable bonds is 6. The first-order valence-electron chi connectivity index (χ1n) is 12.7. The molecular formula is C33H26N2O2. The molecule has 0 atom stereocenters. The summed E-state index contributed by atoms with van der Waals surface area (Å²) < 4.78 is 12.9. The standard InChI is InChI=1S/C33H26N2O2/c34-19-23-7-11-25(12-8-23)21-36-29-5-1-3-27-15-17-33(31(27)29)18-16-28-4-2-6-30(32(28)33)37-22-26-13-9-24(20-35)10-14-26/h1-14H,15-18,21-22H2. The molecule has 1 spiro atoms. The summed E-state index contributed by atoms with van der Waals surface area (Å²) in [4.78, 5) is 0. The van der Waals surface area contributed by atoms with Crippen LogP contribution in [0.2, 0.25) is 0 Å². The lowest BCUT2D eigenvalue weighted by molar-refractivity contribution is 0.288. The molecule has 6 rings (SSSR count). The minimum atomic E-state index is -0.118. The van der Waals surface area contributed by atoms with Gasteiger partial charge in [-0.3, -0.25) is 0 Å². The third-order valence-electron chi connectivity index (χ3n) is 7.78. The van der Waals surface area contributed by atoms with Crippen LogP contribution in [-0.2, 0) is 31.5 Å². The van der Waals surface area contributed by atoms with Crippen molar-refractivity contribution in [1.29, 1.82) is 10.5 Å². The van der Waals surface area contributed by atoms with Gasteiger partial charge < -0.3 is 9.47 Å². The summed E-state index contributed by atoms with van der Waals surface area (Å²) in [5, 5.41) is 18.2. The van der Waals surface area contributed by atoms with E-state index in [9.17, 15) is 0 Å². The van der Waals surface area contributed by atoms with E-state index in [0.717, 1.165) is 48.3 Å². The lowest BCUT2D eigenvalue weighted by Crippen LogP contribution is -2.23. The molecule has 0 N–H and O–H groups in total. The van der Waals surface area contributed by atoms with E-state index in [1.165, 1.54) is 22.3 Å². The highest BCUT2D eigenvalue weighted by Crippen LogP contribution is 2.57. The average Bonchev–Trinajstić information content (AvgIpc) is 3.53. The number of fused-ring (bicyclic) bond motifs is 4. The van der Waals surface area contributed by atoms with Gasteiger partial charge in [0.05, 0.1) is 23.3 Å². The van der Waals surface area contributed by atoms with Crippen LogP contribution < -0.4 is 9.47 Å². The van der Waals surface area contributed by atoms with E-state index in [2.05, 4.69) is 48.5 Å². The lowest BCUT2D eigenvalue weighted by atomic mass is 9.76. The van der Waals surface area contributed by atoms with Crippen molar-refractivity contribution in [2.75, 3.05) is 0 Å². The third kappa shape index (κ3) is 4.11. The summed E-state index contributed by atoms with van der Waals surface area (Å²) in [6.45, 7) is 0.921. The van der Waals surface area contributed by atoms with E-state index in [4.69, 9.17) is 20.0 Å². The average molecular weight is 483 g/mol. The zero-order valence-corrected chi connectivity index (χ0v) is 20.5. The Morgan fingerprint density at radius 1 is 0.595 bits per heavy atom. The fourth-order valence-electron chi connectivity index (χ4n) is 6.02. The predicted molar refractivity (Wildman–Crippen MR) is 141 cm³/mol. The molecule has 37 heavy (non-hydrogen) atoms. The van der Waals surface area contributed by atoms with Crippen LogP contribution in [0.4, 0.5) is 0 Å². The Kier molecular flexibility index (Phi) is 5.87. The molecule has 0 aliphatic heterocycles. The zero-order valence-electron chi connectivity index (χ0n) is 20.5. The first-order chi connectivity index (χ1) is 18.2. The van der Waals surface area contributed by atoms with Gasteiger partial charge in [0.2, 0.25) is 0 Å². The Balaban J connectivity index is 1.31. The first kappa shape index (κ1) is 22.9.